The maximum atomic E-state index is 10.9. The van der Waals surface area contributed by atoms with Gasteiger partial charge < -0.3 is 24.6 Å². The first-order valence-electron chi connectivity index (χ1n) is 13.9. The number of quaternary nitrogens is 1. The van der Waals surface area contributed by atoms with Gasteiger partial charge in [-0.3, -0.25) is 9.59 Å². The molecule has 0 radical (unpaired) electrons. The van der Waals surface area contributed by atoms with E-state index in [1.165, 1.54) is 44.9 Å². The average Bonchev–Trinajstić information content (AvgIpc) is 2.80. The molecule has 7 nitrogen and oxygen atoms in total. The van der Waals surface area contributed by atoms with Crippen molar-refractivity contribution >= 4 is 17.9 Å². The van der Waals surface area contributed by atoms with E-state index < -0.39 is 17.9 Å². The lowest BCUT2D eigenvalue weighted by Gasteiger charge is -2.39. The molecule has 0 aliphatic carbocycles. The van der Waals surface area contributed by atoms with Gasteiger partial charge in [-0.1, -0.05) is 44.8 Å². The van der Waals surface area contributed by atoms with Crippen LogP contribution in [0.1, 0.15) is 122 Å². The molecule has 0 spiro atoms. The Hall–Kier alpha value is -1.89. The van der Waals surface area contributed by atoms with Crippen molar-refractivity contribution in [2.45, 2.75) is 122 Å². The lowest BCUT2D eigenvalue weighted by atomic mass is 10.1. The summed E-state index contributed by atoms with van der Waals surface area (Å²) >= 11 is 0. The van der Waals surface area contributed by atoms with Gasteiger partial charge in [0.15, 0.2) is 0 Å². The van der Waals surface area contributed by atoms with Crippen molar-refractivity contribution in [2.75, 3.05) is 26.2 Å². The van der Waals surface area contributed by atoms with Crippen LogP contribution in [0.4, 0.5) is 0 Å². The summed E-state index contributed by atoms with van der Waals surface area (Å²) in [4.78, 5) is 32.7. The highest BCUT2D eigenvalue weighted by atomic mass is 16.4. The van der Waals surface area contributed by atoms with E-state index >= 15 is 0 Å². The summed E-state index contributed by atoms with van der Waals surface area (Å²) in [5, 5.41) is 28.8. The van der Waals surface area contributed by atoms with Crippen LogP contribution in [0.2, 0.25) is 0 Å². The second kappa shape index (κ2) is 22.6. The Morgan fingerprint density at radius 2 is 1.00 bits per heavy atom. The number of rotatable bonds is 26. The monoisotopic (exact) mass is 497 g/mol. The molecule has 2 N–H and O–H groups in total. The van der Waals surface area contributed by atoms with Crippen LogP contribution in [-0.2, 0) is 14.4 Å². The maximum Gasteiger partial charge on any atom is 0.303 e. The van der Waals surface area contributed by atoms with Crippen LogP contribution >= 0.6 is 0 Å². The zero-order valence-electron chi connectivity index (χ0n) is 22.2. The minimum atomic E-state index is -1.02. The molecule has 0 rings (SSSR count). The van der Waals surface area contributed by atoms with E-state index in [0.29, 0.717) is 19.3 Å². The van der Waals surface area contributed by atoms with Crippen LogP contribution < -0.4 is 5.11 Å². The normalized spacial score (nSPS) is 11.8. The summed E-state index contributed by atoms with van der Waals surface area (Å²) in [6, 6.07) is 0. The average molecular weight is 498 g/mol. The Kier molecular flexibility index (Phi) is 21.3. The number of carbonyl (C=O) groups excluding carboxylic acids is 1. The Morgan fingerprint density at radius 3 is 1.43 bits per heavy atom. The van der Waals surface area contributed by atoms with Crippen LogP contribution in [0.3, 0.4) is 0 Å². The number of hydrogen-bond donors (Lipinski definition) is 2. The number of carbonyl (C=O) groups is 3. The first-order valence-corrected chi connectivity index (χ1v) is 13.9. The van der Waals surface area contributed by atoms with Gasteiger partial charge in [-0.15, -0.1) is 0 Å². The molecule has 7 heteroatoms. The molecule has 35 heavy (non-hydrogen) atoms. The van der Waals surface area contributed by atoms with E-state index in [-0.39, 0.29) is 19.3 Å². The molecule has 0 aromatic heterocycles. The van der Waals surface area contributed by atoms with Crippen LogP contribution in [0.15, 0.2) is 12.2 Å². The molecule has 0 aromatic rings. The first kappa shape index (κ1) is 33.1. The fourth-order valence-electron chi connectivity index (χ4n) is 4.71. The van der Waals surface area contributed by atoms with Gasteiger partial charge in [0, 0.05) is 18.8 Å². The fraction of sp³-hybridized carbons (Fsp3) is 0.821. The van der Waals surface area contributed by atoms with E-state index in [9.17, 15) is 19.5 Å². The lowest BCUT2D eigenvalue weighted by molar-refractivity contribution is -0.929. The van der Waals surface area contributed by atoms with Crippen LogP contribution in [0, 0.1) is 0 Å². The summed E-state index contributed by atoms with van der Waals surface area (Å²) in [5.74, 6) is -2.58. The molecule has 0 atom stereocenters. The number of carboxylic acid groups (broad SMARTS) is 3. The summed E-state index contributed by atoms with van der Waals surface area (Å²) < 4.78 is 0.843. The fourth-order valence-corrected chi connectivity index (χ4v) is 4.71. The molecule has 0 heterocycles. The Morgan fingerprint density at radius 1 is 0.600 bits per heavy atom. The SMILES string of the molecule is CC/C=C/CCCCCCCCC[N+](CCCCC(=O)[O-])(CCCCC(=O)O)CCCCC(=O)O. The van der Waals surface area contributed by atoms with Gasteiger partial charge in [0.2, 0.25) is 0 Å². The molecule has 0 aromatic carbocycles. The first-order chi connectivity index (χ1) is 16.8. The standard InChI is InChI=1S/C28H51NO6/c1-2-3-4-5-6-7-8-9-10-11-15-22-29(23-16-12-19-26(30)31,24-17-13-20-27(32)33)25-18-14-21-28(34)35/h3-4H,2,5-25H2,1H3,(H2-,30,31,32,33,34,35)/b4-3+. The minimum absolute atomic E-state index is 0.0618. The molecule has 0 saturated heterocycles. The van der Waals surface area contributed by atoms with E-state index in [1.807, 2.05) is 0 Å². The minimum Gasteiger partial charge on any atom is -0.550 e. The van der Waals surface area contributed by atoms with Gasteiger partial charge in [0.05, 0.1) is 26.2 Å². The number of unbranched alkanes of at least 4 members (excludes halogenated alkanes) is 10. The van der Waals surface area contributed by atoms with Crippen molar-refractivity contribution < 1.29 is 34.2 Å². The summed E-state index contributed by atoms with van der Waals surface area (Å²) in [6.07, 6.45) is 20.0. The zero-order chi connectivity index (χ0) is 26.2. The highest BCUT2D eigenvalue weighted by Gasteiger charge is 2.26. The summed E-state index contributed by atoms with van der Waals surface area (Å²) in [7, 11) is 0. The van der Waals surface area contributed by atoms with E-state index in [2.05, 4.69) is 19.1 Å². The van der Waals surface area contributed by atoms with Gasteiger partial charge in [-0.05, 0) is 77.0 Å². The van der Waals surface area contributed by atoms with Crippen molar-refractivity contribution in [1.29, 1.82) is 0 Å². The van der Waals surface area contributed by atoms with Crippen molar-refractivity contribution in [2.24, 2.45) is 0 Å². The number of allylic oxidation sites excluding steroid dienone is 2. The Bertz CT molecular complexity index is 535. The number of hydrogen-bond acceptors (Lipinski definition) is 4. The second-order valence-electron chi connectivity index (χ2n) is 9.91. The third kappa shape index (κ3) is 22.3. The van der Waals surface area contributed by atoms with E-state index in [4.69, 9.17) is 10.2 Å². The van der Waals surface area contributed by atoms with Gasteiger partial charge in [0.1, 0.15) is 0 Å². The molecule has 0 unspecified atom stereocenters. The molecule has 0 saturated carbocycles. The van der Waals surface area contributed by atoms with Gasteiger partial charge in [-0.2, -0.15) is 0 Å². The van der Waals surface area contributed by atoms with Crippen LogP contribution in [0.25, 0.3) is 0 Å². The number of aliphatic carboxylic acids is 3. The van der Waals surface area contributed by atoms with Crippen molar-refractivity contribution in [3.05, 3.63) is 12.2 Å². The molecule has 204 valence electrons. The highest BCUT2D eigenvalue weighted by molar-refractivity contribution is 5.66. The van der Waals surface area contributed by atoms with Gasteiger partial charge >= 0.3 is 11.9 Å². The summed E-state index contributed by atoms with van der Waals surface area (Å²) in [5.41, 5.74) is 0. The number of carboxylic acids is 3. The second-order valence-corrected chi connectivity index (χ2v) is 9.91. The molecule has 0 aliphatic rings. The third-order valence-corrected chi connectivity index (χ3v) is 6.72. The van der Waals surface area contributed by atoms with Gasteiger partial charge in [-0.25, -0.2) is 0 Å². The predicted molar refractivity (Wildman–Crippen MR) is 138 cm³/mol. The van der Waals surface area contributed by atoms with Crippen molar-refractivity contribution in [3.63, 3.8) is 0 Å². The molecule has 0 bridgehead atoms. The number of nitrogens with zero attached hydrogens (tertiary/aromatic N) is 1. The topological polar surface area (TPSA) is 115 Å². The van der Waals surface area contributed by atoms with Crippen molar-refractivity contribution in [3.8, 4) is 0 Å². The quantitative estimate of drug-likeness (QED) is 0.0949. The van der Waals surface area contributed by atoms with Crippen LogP contribution in [-0.4, -0.2) is 58.8 Å². The predicted octanol–water partition coefficient (Wildman–Crippen LogP) is 5.32. The Balaban J connectivity index is 4.70. The maximum absolute atomic E-state index is 10.9. The zero-order valence-corrected chi connectivity index (χ0v) is 22.2. The van der Waals surface area contributed by atoms with E-state index in [1.54, 1.807) is 0 Å². The Labute approximate surface area is 213 Å². The largest absolute Gasteiger partial charge is 0.550 e. The third-order valence-electron chi connectivity index (χ3n) is 6.72. The lowest BCUT2D eigenvalue weighted by Crippen LogP contribution is -2.51. The van der Waals surface area contributed by atoms with Crippen molar-refractivity contribution in [1.82, 2.24) is 0 Å². The van der Waals surface area contributed by atoms with Crippen LogP contribution in [0.5, 0.6) is 0 Å². The van der Waals surface area contributed by atoms with E-state index in [0.717, 1.165) is 62.8 Å². The van der Waals surface area contributed by atoms with Gasteiger partial charge in [0.25, 0.3) is 0 Å². The smallest absolute Gasteiger partial charge is 0.303 e. The summed E-state index contributed by atoms with van der Waals surface area (Å²) in [6.45, 7) is 5.75. The molecule has 0 amide bonds. The highest BCUT2D eigenvalue weighted by Crippen LogP contribution is 2.19. The molecule has 0 fully saturated rings. The molecular formula is C28H51NO6. The molecular weight excluding hydrogens is 446 g/mol. The molecule has 0 aliphatic heterocycles.